The highest BCUT2D eigenvalue weighted by Gasteiger charge is 2.29. The van der Waals surface area contributed by atoms with Gasteiger partial charge in [-0.15, -0.1) is 0 Å². The fourth-order valence-electron chi connectivity index (χ4n) is 1.58. The Morgan fingerprint density at radius 3 is 2.85 bits per heavy atom. The van der Waals surface area contributed by atoms with Gasteiger partial charge in [-0.25, -0.2) is 0 Å². The van der Waals surface area contributed by atoms with E-state index < -0.39 is 0 Å². The fraction of sp³-hybridized carbons (Fsp3) is 0.455. The topological polar surface area (TPSA) is 52.0 Å². The Morgan fingerprint density at radius 1 is 1.46 bits per heavy atom. The van der Waals surface area contributed by atoms with Gasteiger partial charge in [0.25, 0.3) is 0 Å². The molecular weight excluding hydrogens is 160 g/mol. The third-order valence-electron chi connectivity index (χ3n) is 2.62. The first kappa shape index (κ1) is 8.73. The molecule has 4 N–H and O–H groups in total. The van der Waals surface area contributed by atoms with Crippen LogP contribution in [0.4, 0.5) is 0 Å². The number of nitrogens with two attached hydrogens (primary N) is 2. The van der Waals surface area contributed by atoms with Gasteiger partial charge in [0.2, 0.25) is 0 Å². The minimum Gasteiger partial charge on any atom is -0.326 e. The average Bonchev–Trinajstić information content (AvgIpc) is 3.00. The summed E-state index contributed by atoms with van der Waals surface area (Å²) in [5.41, 5.74) is 13.9. The van der Waals surface area contributed by atoms with E-state index in [1.54, 1.807) is 0 Å². The van der Waals surface area contributed by atoms with Crippen LogP contribution in [0.15, 0.2) is 18.2 Å². The summed E-state index contributed by atoms with van der Waals surface area (Å²) in [4.78, 5) is 0. The molecule has 1 fully saturated rings. The molecule has 1 atom stereocenters. The SMILES string of the molecule is NCc1c[c]cc(C(N)C2CC2)c1. The van der Waals surface area contributed by atoms with Crippen molar-refractivity contribution in [1.82, 2.24) is 0 Å². The summed E-state index contributed by atoms with van der Waals surface area (Å²) in [6.07, 6.45) is 2.54. The molecule has 1 aliphatic carbocycles. The summed E-state index contributed by atoms with van der Waals surface area (Å²) in [6.45, 7) is 0.571. The molecule has 0 aliphatic heterocycles. The van der Waals surface area contributed by atoms with Crippen molar-refractivity contribution in [2.45, 2.75) is 25.4 Å². The Morgan fingerprint density at radius 2 is 2.23 bits per heavy atom. The molecule has 1 radical (unpaired) electrons. The van der Waals surface area contributed by atoms with E-state index in [1.165, 1.54) is 18.4 Å². The van der Waals surface area contributed by atoms with Gasteiger partial charge in [0.15, 0.2) is 0 Å². The summed E-state index contributed by atoms with van der Waals surface area (Å²) in [6, 6.07) is 9.27. The maximum atomic E-state index is 6.06. The predicted octanol–water partition coefficient (Wildman–Crippen LogP) is 1.36. The van der Waals surface area contributed by atoms with Gasteiger partial charge in [-0.05, 0) is 48.1 Å². The van der Waals surface area contributed by atoms with Crippen LogP contribution in [0.1, 0.15) is 30.0 Å². The second-order valence-corrected chi connectivity index (χ2v) is 3.74. The standard InChI is InChI=1S/C11H15N2/c12-7-8-2-1-3-10(6-8)11(13)9-4-5-9/h2-3,6,9,11H,4-5,7,12-13H2. The lowest BCUT2D eigenvalue weighted by atomic mass is 10.0. The molecule has 0 aromatic heterocycles. The van der Waals surface area contributed by atoms with Crippen molar-refractivity contribution in [2.75, 3.05) is 0 Å². The Balaban J connectivity index is 2.18. The highest BCUT2D eigenvalue weighted by molar-refractivity contribution is 5.26. The first-order chi connectivity index (χ1) is 6.31. The molecule has 69 valence electrons. The van der Waals surface area contributed by atoms with Crippen molar-refractivity contribution in [3.63, 3.8) is 0 Å². The normalized spacial score (nSPS) is 18.6. The zero-order valence-corrected chi connectivity index (χ0v) is 7.66. The lowest BCUT2D eigenvalue weighted by Gasteiger charge is -2.11. The maximum absolute atomic E-state index is 6.06. The van der Waals surface area contributed by atoms with E-state index in [9.17, 15) is 0 Å². The molecule has 0 spiro atoms. The predicted molar refractivity (Wildman–Crippen MR) is 52.8 cm³/mol. The zero-order valence-electron chi connectivity index (χ0n) is 7.66. The number of hydrogen-bond acceptors (Lipinski definition) is 2. The largest absolute Gasteiger partial charge is 0.326 e. The molecule has 0 saturated heterocycles. The van der Waals surface area contributed by atoms with E-state index in [0.717, 1.165) is 5.56 Å². The van der Waals surface area contributed by atoms with E-state index in [-0.39, 0.29) is 6.04 Å². The van der Waals surface area contributed by atoms with Crippen molar-refractivity contribution in [2.24, 2.45) is 17.4 Å². The first-order valence-electron chi connectivity index (χ1n) is 4.77. The molecule has 2 nitrogen and oxygen atoms in total. The zero-order chi connectivity index (χ0) is 9.26. The number of hydrogen-bond donors (Lipinski definition) is 2. The molecule has 1 aromatic rings. The summed E-state index contributed by atoms with van der Waals surface area (Å²) in [7, 11) is 0. The van der Waals surface area contributed by atoms with Crippen molar-refractivity contribution in [3.8, 4) is 0 Å². The molecule has 0 bridgehead atoms. The number of benzene rings is 1. The molecule has 1 saturated carbocycles. The van der Waals surface area contributed by atoms with Gasteiger partial charge in [0.1, 0.15) is 0 Å². The Labute approximate surface area is 78.9 Å². The molecule has 2 heteroatoms. The lowest BCUT2D eigenvalue weighted by Crippen LogP contribution is -2.12. The second kappa shape index (κ2) is 3.48. The fourth-order valence-corrected chi connectivity index (χ4v) is 1.58. The van der Waals surface area contributed by atoms with Crippen LogP contribution in [0, 0.1) is 12.0 Å². The van der Waals surface area contributed by atoms with Gasteiger partial charge in [-0.2, -0.15) is 0 Å². The van der Waals surface area contributed by atoms with Crippen LogP contribution in [-0.2, 0) is 6.54 Å². The van der Waals surface area contributed by atoms with Crippen LogP contribution in [0.2, 0.25) is 0 Å². The van der Waals surface area contributed by atoms with Gasteiger partial charge < -0.3 is 11.5 Å². The molecule has 1 unspecified atom stereocenters. The van der Waals surface area contributed by atoms with Crippen molar-refractivity contribution in [3.05, 3.63) is 35.4 Å². The minimum absolute atomic E-state index is 0.197. The monoisotopic (exact) mass is 175 g/mol. The molecule has 2 rings (SSSR count). The second-order valence-electron chi connectivity index (χ2n) is 3.74. The lowest BCUT2D eigenvalue weighted by molar-refractivity contribution is 0.632. The Kier molecular flexibility index (Phi) is 2.34. The third kappa shape index (κ3) is 1.90. The summed E-state index contributed by atoms with van der Waals surface area (Å²) >= 11 is 0. The third-order valence-corrected chi connectivity index (χ3v) is 2.62. The van der Waals surface area contributed by atoms with E-state index in [4.69, 9.17) is 11.5 Å². The highest BCUT2D eigenvalue weighted by Crippen LogP contribution is 2.39. The average molecular weight is 175 g/mol. The van der Waals surface area contributed by atoms with Crippen LogP contribution in [0.25, 0.3) is 0 Å². The van der Waals surface area contributed by atoms with E-state index in [1.807, 2.05) is 12.1 Å². The molecule has 0 amide bonds. The van der Waals surface area contributed by atoms with Crippen molar-refractivity contribution < 1.29 is 0 Å². The molecule has 0 heterocycles. The summed E-state index contributed by atoms with van der Waals surface area (Å²) in [5.74, 6) is 0.696. The van der Waals surface area contributed by atoms with Gasteiger partial charge in [-0.3, -0.25) is 0 Å². The molecule has 1 aromatic carbocycles. The maximum Gasteiger partial charge on any atom is 0.0323 e. The van der Waals surface area contributed by atoms with Crippen LogP contribution in [0.3, 0.4) is 0 Å². The quantitative estimate of drug-likeness (QED) is 0.728. The van der Waals surface area contributed by atoms with Crippen LogP contribution in [0.5, 0.6) is 0 Å². The van der Waals surface area contributed by atoms with Gasteiger partial charge in [-0.1, -0.05) is 6.07 Å². The summed E-state index contributed by atoms with van der Waals surface area (Å²) < 4.78 is 0. The molecule has 1 aliphatic rings. The van der Waals surface area contributed by atoms with Gasteiger partial charge in [0, 0.05) is 12.6 Å². The Hall–Kier alpha value is -0.860. The highest BCUT2D eigenvalue weighted by atomic mass is 14.7. The van der Waals surface area contributed by atoms with Gasteiger partial charge >= 0.3 is 0 Å². The first-order valence-corrected chi connectivity index (χ1v) is 4.77. The molecule has 13 heavy (non-hydrogen) atoms. The van der Waals surface area contributed by atoms with Crippen LogP contribution < -0.4 is 11.5 Å². The summed E-state index contributed by atoms with van der Waals surface area (Å²) in [5, 5.41) is 0. The van der Waals surface area contributed by atoms with Crippen LogP contribution >= 0.6 is 0 Å². The smallest absolute Gasteiger partial charge is 0.0323 e. The van der Waals surface area contributed by atoms with E-state index in [2.05, 4.69) is 12.1 Å². The molecular formula is C11H15N2. The number of rotatable bonds is 3. The van der Waals surface area contributed by atoms with Crippen molar-refractivity contribution >= 4 is 0 Å². The Bertz CT molecular complexity index is 292. The minimum atomic E-state index is 0.197. The van der Waals surface area contributed by atoms with Gasteiger partial charge in [0.05, 0.1) is 0 Å². The van der Waals surface area contributed by atoms with Crippen LogP contribution in [-0.4, -0.2) is 0 Å². The van der Waals surface area contributed by atoms with E-state index >= 15 is 0 Å². The van der Waals surface area contributed by atoms with Crippen molar-refractivity contribution in [1.29, 1.82) is 0 Å². The van der Waals surface area contributed by atoms with E-state index in [0.29, 0.717) is 12.5 Å².